The van der Waals surface area contributed by atoms with Crippen LogP contribution in [-0.2, 0) is 0 Å². The number of hydrogen-bond acceptors (Lipinski definition) is 2. The summed E-state index contributed by atoms with van der Waals surface area (Å²) in [5, 5.41) is 4.24. The molecule has 0 radical (unpaired) electrons. The fourth-order valence-corrected chi connectivity index (χ4v) is 2.67. The molecule has 0 aliphatic heterocycles. The molecule has 1 saturated carbocycles. The van der Waals surface area contributed by atoms with Crippen molar-refractivity contribution >= 4 is 17.3 Å². The zero-order valence-corrected chi connectivity index (χ0v) is 11.3. The molecule has 0 amide bonds. The average molecular weight is 254 g/mol. The van der Waals surface area contributed by atoms with E-state index in [4.69, 9.17) is 16.3 Å². The van der Waals surface area contributed by atoms with Crippen LogP contribution in [0.5, 0.6) is 5.75 Å². The van der Waals surface area contributed by atoms with E-state index in [9.17, 15) is 0 Å². The van der Waals surface area contributed by atoms with Gasteiger partial charge in [0.2, 0.25) is 0 Å². The van der Waals surface area contributed by atoms with Gasteiger partial charge in [0, 0.05) is 11.7 Å². The molecule has 1 aliphatic rings. The van der Waals surface area contributed by atoms with E-state index in [2.05, 4.69) is 12.2 Å². The van der Waals surface area contributed by atoms with Gasteiger partial charge in [-0.1, -0.05) is 24.9 Å². The summed E-state index contributed by atoms with van der Waals surface area (Å²) in [7, 11) is 0. The van der Waals surface area contributed by atoms with Gasteiger partial charge in [0.15, 0.2) is 0 Å². The zero-order chi connectivity index (χ0) is 12.3. The largest absolute Gasteiger partial charge is 0.492 e. The van der Waals surface area contributed by atoms with Gasteiger partial charge in [0.25, 0.3) is 0 Å². The normalized spacial score (nSPS) is 23.7. The van der Waals surface area contributed by atoms with E-state index in [0.717, 1.165) is 17.4 Å². The Kier molecular flexibility index (Phi) is 4.16. The van der Waals surface area contributed by atoms with Gasteiger partial charge < -0.3 is 10.1 Å². The van der Waals surface area contributed by atoms with Crippen LogP contribution < -0.4 is 10.1 Å². The van der Waals surface area contributed by atoms with Gasteiger partial charge in [0.05, 0.1) is 11.6 Å². The molecule has 1 aliphatic carbocycles. The molecule has 0 heterocycles. The highest BCUT2D eigenvalue weighted by Crippen LogP contribution is 2.31. The maximum Gasteiger partial charge on any atom is 0.138 e. The van der Waals surface area contributed by atoms with E-state index >= 15 is 0 Å². The van der Waals surface area contributed by atoms with E-state index in [0.29, 0.717) is 17.7 Å². The van der Waals surface area contributed by atoms with Gasteiger partial charge >= 0.3 is 0 Å². The first kappa shape index (κ1) is 12.6. The number of anilines is 1. The molecule has 2 nitrogen and oxygen atoms in total. The van der Waals surface area contributed by atoms with Crippen molar-refractivity contribution in [3.8, 4) is 5.75 Å². The molecule has 2 atom stereocenters. The van der Waals surface area contributed by atoms with Crippen molar-refractivity contribution in [1.29, 1.82) is 0 Å². The van der Waals surface area contributed by atoms with Crippen molar-refractivity contribution in [1.82, 2.24) is 0 Å². The third-order valence-corrected chi connectivity index (χ3v) is 3.74. The molecule has 3 heteroatoms. The van der Waals surface area contributed by atoms with Crippen molar-refractivity contribution < 1.29 is 4.74 Å². The molecule has 1 aromatic rings. The lowest BCUT2D eigenvalue weighted by atomic mass is 10.1. The van der Waals surface area contributed by atoms with Crippen molar-refractivity contribution in [3.05, 3.63) is 23.2 Å². The second kappa shape index (κ2) is 5.63. The number of benzene rings is 1. The summed E-state index contributed by atoms with van der Waals surface area (Å²) in [6.07, 6.45) is 3.90. The average Bonchev–Trinajstić information content (AvgIpc) is 2.69. The van der Waals surface area contributed by atoms with Gasteiger partial charge in [-0.05, 0) is 43.9 Å². The van der Waals surface area contributed by atoms with E-state index in [-0.39, 0.29) is 0 Å². The minimum atomic E-state index is 0.587. The molecule has 0 aromatic heterocycles. The van der Waals surface area contributed by atoms with Crippen LogP contribution in [0.4, 0.5) is 5.69 Å². The number of rotatable bonds is 4. The van der Waals surface area contributed by atoms with Gasteiger partial charge in [-0.2, -0.15) is 0 Å². The quantitative estimate of drug-likeness (QED) is 0.862. The molecule has 0 bridgehead atoms. The molecular formula is C14H20ClNO. The Morgan fingerprint density at radius 2 is 2.24 bits per heavy atom. The highest BCUT2D eigenvalue weighted by Gasteiger charge is 2.23. The first-order valence-electron chi connectivity index (χ1n) is 6.39. The van der Waals surface area contributed by atoms with E-state index in [1.165, 1.54) is 19.3 Å². The summed E-state index contributed by atoms with van der Waals surface area (Å²) >= 11 is 6.17. The van der Waals surface area contributed by atoms with Gasteiger partial charge in [-0.3, -0.25) is 0 Å². The molecule has 1 aromatic carbocycles. The van der Waals surface area contributed by atoms with Crippen LogP contribution in [0.3, 0.4) is 0 Å². The second-order valence-corrected chi connectivity index (χ2v) is 5.14. The molecule has 94 valence electrons. The van der Waals surface area contributed by atoms with Crippen molar-refractivity contribution in [2.45, 2.75) is 39.2 Å². The monoisotopic (exact) mass is 253 g/mol. The lowest BCUT2D eigenvalue weighted by molar-refractivity contribution is 0.340. The molecule has 17 heavy (non-hydrogen) atoms. The van der Waals surface area contributed by atoms with Gasteiger partial charge in [-0.15, -0.1) is 0 Å². The van der Waals surface area contributed by atoms with E-state index in [1.54, 1.807) is 0 Å². The number of ether oxygens (including phenoxy) is 1. The minimum absolute atomic E-state index is 0.587. The first-order valence-corrected chi connectivity index (χ1v) is 6.77. The lowest BCUT2D eigenvalue weighted by Crippen LogP contribution is -2.21. The first-order chi connectivity index (χ1) is 8.20. The number of hydrogen-bond donors (Lipinski definition) is 1. The fraction of sp³-hybridized carbons (Fsp3) is 0.571. The van der Waals surface area contributed by atoms with E-state index in [1.807, 2.05) is 25.1 Å². The third kappa shape index (κ3) is 3.06. The fourth-order valence-electron chi connectivity index (χ4n) is 2.44. The van der Waals surface area contributed by atoms with Crippen LogP contribution in [0, 0.1) is 5.92 Å². The smallest absolute Gasteiger partial charge is 0.138 e. The molecular weight excluding hydrogens is 234 g/mol. The molecule has 1 fully saturated rings. The summed E-state index contributed by atoms with van der Waals surface area (Å²) < 4.78 is 5.42. The molecule has 0 spiro atoms. The van der Waals surface area contributed by atoms with Crippen LogP contribution in [0.25, 0.3) is 0 Å². The van der Waals surface area contributed by atoms with E-state index < -0.39 is 0 Å². The van der Waals surface area contributed by atoms with Crippen molar-refractivity contribution in [2.24, 2.45) is 5.92 Å². The molecule has 2 unspecified atom stereocenters. The summed E-state index contributed by atoms with van der Waals surface area (Å²) in [6, 6.07) is 6.52. The molecule has 1 N–H and O–H groups in total. The lowest BCUT2D eigenvalue weighted by Gasteiger charge is -2.19. The van der Waals surface area contributed by atoms with Crippen molar-refractivity contribution in [2.75, 3.05) is 11.9 Å². The molecule has 2 rings (SSSR count). The number of halogens is 1. The Labute approximate surface area is 108 Å². The topological polar surface area (TPSA) is 21.3 Å². The summed E-state index contributed by atoms with van der Waals surface area (Å²) in [5.74, 6) is 1.51. The van der Waals surface area contributed by atoms with Crippen molar-refractivity contribution in [3.63, 3.8) is 0 Å². The Morgan fingerprint density at radius 1 is 1.41 bits per heavy atom. The van der Waals surface area contributed by atoms with Crippen LogP contribution in [-0.4, -0.2) is 12.6 Å². The maximum atomic E-state index is 6.17. The Balaban J connectivity index is 2.04. The second-order valence-electron chi connectivity index (χ2n) is 4.74. The molecule has 0 saturated heterocycles. The van der Waals surface area contributed by atoms with Crippen LogP contribution >= 0.6 is 11.6 Å². The summed E-state index contributed by atoms with van der Waals surface area (Å²) in [6.45, 7) is 4.91. The zero-order valence-electron chi connectivity index (χ0n) is 10.5. The van der Waals surface area contributed by atoms with Gasteiger partial charge in [0.1, 0.15) is 5.75 Å². The van der Waals surface area contributed by atoms with Crippen LogP contribution in [0.2, 0.25) is 5.02 Å². The summed E-state index contributed by atoms with van der Waals surface area (Å²) in [4.78, 5) is 0. The maximum absolute atomic E-state index is 6.17. The SMILES string of the molecule is CCOc1ccc(NC2CCCC2C)cc1Cl. The highest BCUT2D eigenvalue weighted by molar-refractivity contribution is 6.32. The van der Waals surface area contributed by atoms with Gasteiger partial charge in [-0.25, -0.2) is 0 Å². The minimum Gasteiger partial charge on any atom is -0.492 e. The predicted molar refractivity (Wildman–Crippen MR) is 73.0 cm³/mol. The number of nitrogens with one attached hydrogen (secondary N) is 1. The van der Waals surface area contributed by atoms with Crippen LogP contribution in [0.15, 0.2) is 18.2 Å². The van der Waals surface area contributed by atoms with Crippen LogP contribution in [0.1, 0.15) is 33.1 Å². The highest BCUT2D eigenvalue weighted by atomic mass is 35.5. The Hall–Kier alpha value is -0.890. The Bertz CT molecular complexity index is 380. The Morgan fingerprint density at radius 3 is 2.82 bits per heavy atom. The third-order valence-electron chi connectivity index (χ3n) is 3.45. The predicted octanol–water partition coefficient (Wildman–Crippen LogP) is 4.34. The standard InChI is InChI=1S/C14H20ClNO/c1-3-17-14-8-7-11(9-12(14)15)16-13-6-4-5-10(13)2/h7-10,13,16H,3-6H2,1-2H3. The summed E-state index contributed by atoms with van der Waals surface area (Å²) in [5.41, 5.74) is 1.09.